The number of hydrogen-bond acceptors (Lipinski definition) is 2. The van der Waals surface area contributed by atoms with Crippen LogP contribution >= 0.6 is 0 Å². The molecule has 0 heterocycles. The summed E-state index contributed by atoms with van der Waals surface area (Å²) in [7, 11) is 0. The summed E-state index contributed by atoms with van der Waals surface area (Å²) in [4.78, 5) is 12.5. The minimum absolute atomic E-state index is 0.153. The first-order valence-corrected chi connectivity index (χ1v) is 6.45. The normalized spacial score (nSPS) is 23.9. The number of hydrogen-bond donors (Lipinski definition) is 1. The summed E-state index contributed by atoms with van der Waals surface area (Å²) in [5.74, 6) is 0.849. The van der Waals surface area contributed by atoms with E-state index in [0.717, 1.165) is 36.0 Å². The molecule has 2 nitrogen and oxygen atoms in total. The number of carbonyl (C=O) groups excluding carboxylic acids is 1. The molecule has 17 heavy (non-hydrogen) atoms. The van der Waals surface area contributed by atoms with E-state index in [-0.39, 0.29) is 5.92 Å². The summed E-state index contributed by atoms with van der Waals surface area (Å²) in [5.41, 5.74) is 8.89. The van der Waals surface area contributed by atoms with Crippen molar-refractivity contribution >= 4 is 5.78 Å². The van der Waals surface area contributed by atoms with E-state index in [1.54, 1.807) is 0 Å². The lowest BCUT2D eigenvalue weighted by Gasteiger charge is -2.18. The lowest BCUT2D eigenvalue weighted by atomic mass is 9.86. The van der Waals surface area contributed by atoms with Crippen LogP contribution in [0, 0.1) is 25.7 Å². The maximum atomic E-state index is 12.5. The Balaban J connectivity index is 2.27. The van der Waals surface area contributed by atoms with Crippen LogP contribution in [0.3, 0.4) is 0 Å². The molecule has 1 fully saturated rings. The van der Waals surface area contributed by atoms with Gasteiger partial charge in [-0.3, -0.25) is 4.79 Å². The molecule has 1 aromatic carbocycles. The number of benzene rings is 1. The molecule has 0 aliphatic heterocycles. The Kier molecular flexibility index (Phi) is 3.63. The van der Waals surface area contributed by atoms with E-state index < -0.39 is 0 Å². The van der Waals surface area contributed by atoms with Gasteiger partial charge in [-0.05, 0) is 50.8 Å². The van der Waals surface area contributed by atoms with E-state index in [0.29, 0.717) is 18.2 Å². The summed E-state index contributed by atoms with van der Waals surface area (Å²) in [6, 6.07) is 6.11. The molecular weight excluding hydrogens is 210 g/mol. The van der Waals surface area contributed by atoms with Crippen LogP contribution in [0.25, 0.3) is 0 Å². The van der Waals surface area contributed by atoms with Crippen molar-refractivity contribution in [2.45, 2.75) is 33.1 Å². The first kappa shape index (κ1) is 12.3. The van der Waals surface area contributed by atoms with Crippen LogP contribution in [-0.2, 0) is 0 Å². The molecule has 2 N–H and O–H groups in total. The van der Waals surface area contributed by atoms with Crippen LogP contribution in [0.1, 0.15) is 40.7 Å². The van der Waals surface area contributed by atoms with Gasteiger partial charge in [-0.15, -0.1) is 0 Å². The molecular formula is C15H21NO. The van der Waals surface area contributed by atoms with Gasteiger partial charge >= 0.3 is 0 Å². The molecule has 2 atom stereocenters. The molecule has 0 saturated heterocycles. The molecule has 1 aliphatic carbocycles. The van der Waals surface area contributed by atoms with Crippen LogP contribution in [0.15, 0.2) is 18.2 Å². The van der Waals surface area contributed by atoms with Gasteiger partial charge in [0.15, 0.2) is 5.78 Å². The minimum atomic E-state index is 0.153. The van der Waals surface area contributed by atoms with Crippen LogP contribution in [0.4, 0.5) is 0 Å². The minimum Gasteiger partial charge on any atom is -0.330 e. The molecule has 1 aliphatic rings. The van der Waals surface area contributed by atoms with Crippen molar-refractivity contribution in [1.29, 1.82) is 0 Å². The van der Waals surface area contributed by atoms with Crippen molar-refractivity contribution < 1.29 is 4.79 Å². The second kappa shape index (κ2) is 5.01. The van der Waals surface area contributed by atoms with E-state index in [1.165, 1.54) is 0 Å². The summed E-state index contributed by atoms with van der Waals surface area (Å²) in [6.07, 6.45) is 3.26. The van der Waals surface area contributed by atoms with Gasteiger partial charge in [-0.2, -0.15) is 0 Å². The SMILES string of the molecule is Cc1ccc(C)c(C(=O)C2CCCC2CN)c1. The molecule has 0 aromatic heterocycles. The Hall–Kier alpha value is -1.15. The Morgan fingerprint density at radius 1 is 1.35 bits per heavy atom. The molecule has 1 saturated carbocycles. The fraction of sp³-hybridized carbons (Fsp3) is 0.533. The van der Waals surface area contributed by atoms with Crippen molar-refractivity contribution in [2.24, 2.45) is 17.6 Å². The van der Waals surface area contributed by atoms with E-state index in [4.69, 9.17) is 5.73 Å². The third kappa shape index (κ3) is 2.42. The lowest BCUT2D eigenvalue weighted by Crippen LogP contribution is -2.25. The van der Waals surface area contributed by atoms with Gasteiger partial charge in [-0.25, -0.2) is 0 Å². The predicted molar refractivity (Wildman–Crippen MR) is 70.1 cm³/mol. The van der Waals surface area contributed by atoms with E-state index in [9.17, 15) is 4.79 Å². The first-order chi connectivity index (χ1) is 8.13. The molecule has 92 valence electrons. The molecule has 0 amide bonds. The van der Waals surface area contributed by atoms with Gasteiger partial charge in [0.2, 0.25) is 0 Å². The van der Waals surface area contributed by atoms with Gasteiger partial charge in [0, 0.05) is 11.5 Å². The topological polar surface area (TPSA) is 43.1 Å². The number of rotatable bonds is 3. The van der Waals surface area contributed by atoms with E-state index >= 15 is 0 Å². The molecule has 0 radical (unpaired) electrons. The number of nitrogens with two attached hydrogens (primary N) is 1. The van der Waals surface area contributed by atoms with Crippen LogP contribution in [0.2, 0.25) is 0 Å². The monoisotopic (exact) mass is 231 g/mol. The van der Waals surface area contributed by atoms with E-state index in [2.05, 4.69) is 6.07 Å². The standard InChI is InChI=1S/C15H21NO/c1-10-6-7-11(2)14(8-10)15(17)13-5-3-4-12(13)9-16/h6-8,12-13H,3-5,9,16H2,1-2H3. The lowest BCUT2D eigenvalue weighted by molar-refractivity contribution is 0.0892. The molecule has 1 aromatic rings. The summed E-state index contributed by atoms with van der Waals surface area (Å²) < 4.78 is 0. The van der Waals surface area contributed by atoms with Crippen LogP contribution in [0.5, 0.6) is 0 Å². The Morgan fingerprint density at radius 2 is 2.12 bits per heavy atom. The highest BCUT2D eigenvalue weighted by Gasteiger charge is 2.32. The second-order valence-electron chi connectivity index (χ2n) is 5.22. The van der Waals surface area contributed by atoms with Crippen molar-refractivity contribution in [2.75, 3.05) is 6.54 Å². The van der Waals surface area contributed by atoms with Crippen molar-refractivity contribution in [1.82, 2.24) is 0 Å². The highest BCUT2D eigenvalue weighted by atomic mass is 16.1. The molecule has 2 rings (SSSR count). The maximum absolute atomic E-state index is 12.5. The van der Waals surface area contributed by atoms with Gasteiger partial charge in [0.25, 0.3) is 0 Å². The molecule has 2 unspecified atom stereocenters. The highest BCUT2D eigenvalue weighted by Crippen LogP contribution is 2.34. The van der Waals surface area contributed by atoms with E-state index in [1.807, 2.05) is 26.0 Å². The Labute approximate surface area is 103 Å². The quantitative estimate of drug-likeness (QED) is 0.813. The average molecular weight is 231 g/mol. The van der Waals surface area contributed by atoms with Gasteiger partial charge < -0.3 is 5.73 Å². The van der Waals surface area contributed by atoms with Crippen molar-refractivity contribution in [3.8, 4) is 0 Å². The van der Waals surface area contributed by atoms with Crippen LogP contribution in [-0.4, -0.2) is 12.3 Å². The zero-order chi connectivity index (χ0) is 12.4. The third-order valence-corrected chi connectivity index (χ3v) is 3.96. The Bertz CT molecular complexity index is 425. The molecule has 2 heteroatoms. The van der Waals surface area contributed by atoms with Gasteiger partial charge in [0.1, 0.15) is 0 Å². The average Bonchev–Trinajstić information content (AvgIpc) is 2.79. The Morgan fingerprint density at radius 3 is 2.82 bits per heavy atom. The van der Waals surface area contributed by atoms with Gasteiger partial charge in [0.05, 0.1) is 0 Å². The smallest absolute Gasteiger partial charge is 0.166 e. The fourth-order valence-corrected chi connectivity index (χ4v) is 2.87. The highest BCUT2D eigenvalue weighted by molar-refractivity contribution is 5.99. The fourth-order valence-electron chi connectivity index (χ4n) is 2.87. The summed E-state index contributed by atoms with van der Waals surface area (Å²) in [6.45, 7) is 4.69. The second-order valence-corrected chi connectivity index (χ2v) is 5.22. The largest absolute Gasteiger partial charge is 0.330 e. The first-order valence-electron chi connectivity index (χ1n) is 6.45. The third-order valence-electron chi connectivity index (χ3n) is 3.96. The molecule has 0 bridgehead atoms. The number of Topliss-reactive ketones (excluding diaryl/α,β-unsaturated/α-hetero) is 1. The summed E-state index contributed by atoms with van der Waals surface area (Å²) in [5, 5.41) is 0. The summed E-state index contributed by atoms with van der Waals surface area (Å²) >= 11 is 0. The number of carbonyl (C=O) groups is 1. The van der Waals surface area contributed by atoms with Crippen molar-refractivity contribution in [3.05, 3.63) is 34.9 Å². The van der Waals surface area contributed by atoms with Crippen LogP contribution < -0.4 is 5.73 Å². The van der Waals surface area contributed by atoms with Crippen molar-refractivity contribution in [3.63, 3.8) is 0 Å². The maximum Gasteiger partial charge on any atom is 0.166 e. The zero-order valence-corrected chi connectivity index (χ0v) is 10.7. The predicted octanol–water partition coefficient (Wildman–Crippen LogP) is 2.86. The zero-order valence-electron chi connectivity index (χ0n) is 10.7. The number of ketones is 1. The molecule has 0 spiro atoms. The van der Waals surface area contributed by atoms with Gasteiger partial charge in [-0.1, -0.05) is 24.1 Å². The number of aryl methyl sites for hydroxylation is 2.